The Hall–Kier alpha value is -5.40. The van der Waals surface area contributed by atoms with Gasteiger partial charge in [-0.1, -0.05) is 155 Å². The molecule has 0 aromatic heterocycles. The summed E-state index contributed by atoms with van der Waals surface area (Å²) in [6, 6.07) is 59.5. The number of anilines is 3. The van der Waals surface area contributed by atoms with Crippen LogP contribution in [0.3, 0.4) is 0 Å². The summed E-state index contributed by atoms with van der Waals surface area (Å²) >= 11 is 0. The molecule has 0 N–H and O–H groups in total. The molecule has 1 heteroatoms. The molecule has 7 aromatic carbocycles. The second kappa shape index (κ2) is 12.2. The Balaban J connectivity index is 0.00000166. The molecule has 224 valence electrons. The van der Waals surface area contributed by atoms with Gasteiger partial charge in [-0.3, -0.25) is 0 Å². The largest absolute Gasteiger partial charge is 0.310 e. The maximum Gasteiger partial charge on any atom is 0.0467 e. The molecule has 0 bridgehead atoms. The first-order valence-corrected chi connectivity index (χ1v) is 16.4. The van der Waals surface area contributed by atoms with E-state index >= 15 is 0 Å². The minimum absolute atomic E-state index is 0.134. The second-order valence-corrected chi connectivity index (χ2v) is 12.2. The van der Waals surface area contributed by atoms with Gasteiger partial charge in [-0.2, -0.15) is 0 Å². The third kappa shape index (κ3) is 5.08. The van der Waals surface area contributed by atoms with Gasteiger partial charge in [0.2, 0.25) is 0 Å². The molecule has 0 saturated carbocycles. The van der Waals surface area contributed by atoms with Crippen molar-refractivity contribution in [3.8, 4) is 33.4 Å². The standard InChI is InChI=1S/C43H33N.C2H6/c1-43(2)41-29-37(24-26-39(41)40-25-23-32-17-9-10-22-38(32)42(40)43)44(35-20-11-18-33(27-35)30-13-5-3-6-14-30)36-21-12-19-34(28-36)31-15-7-4-8-16-31;1-2/h3-29H,1-2H3;1-2H3. The number of fused-ring (bicyclic) bond motifs is 5. The van der Waals surface area contributed by atoms with E-state index in [1.807, 2.05) is 13.8 Å². The van der Waals surface area contributed by atoms with Crippen LogP contribution < -0.4 is 4.90 Å². The SMILES string of the molecule is CC.CC1(C)c2cc(N(c3cccc(-c4ccccc4)c3)c3cccc(-c4ccccc4)c3)ccc2-c2ccc3ccccc3c21. The van der Waals surface area contributed by atoms with Crippen molar-refractivity contribution in [1.29, 1.82) is 0 Å². The molecule has 1 nitrogen and oxygen atoms in total. The monoisotopic (exact) mass is 593 g/mol. The molecule has 0 radical (unpaired) electrons. The van der Waals surface area contributed by atoms with E-state index < -0.39 is 0 Å². The van der Waals surface area contributed by atoms with E-state index in [2.05, 4.69) is 183 Å². The summed E-state index contributed by atoms with van der Waals surface area (Å²) in [5, 5.41) is 2.64. The normalized spacial score (nSPS) is 12.5. The van der Waals surface area contributed by atoms with Crippen LogP contribution in [0, 0.1) is 0 Å². The van der Waals surface area contributed by atoms with Crippen molar-refractivity contribution in [2.75, 3.05) is 4.90 Å². The highest BCUT2D eigenvalue weighted by Gasteiger charge is 2.37. The molecule has 0 heterocycles. The van der Waals surface area contributed by atoms with Crippen molar-refractivity contribution < 1.29 is 0 Å². The Kier molecular flexibility index (Phi) is 7.76. The number of benzene rings is 7. The van der Waals surface area contributed by atoms with Crippen LogP contribution in [0.4, 0.5) is 17.1 Å². The molecule has 0 amide bonds. The summed E-state index contributed by atoms with van der Waals surface area (Å²) in [6.07, 6.45) is 0. The smallest absolute Gasteiger partial charge is 0.0467 e. The second-order valence-electron chi connectivity index (χ2n) is 12.2. The molecule has 7 aromatic rings. The first kappa shape index (κ1) is 29.3. The zero-order valence-electron chi connectivity index (χ0n) is 27.0. The van der Waals surface area contributed by atoms with Gasteiger partial charge in [0.15, 0.2) is 0 Å². The summed E-state index contributed by atoms with van der Waals surface area (Å²) in [7, 11) is 0. The van der Waals surface area contributed by atoms with E-state index in [4.69, 9.17) is 0 Å². The molecule has 46 heavy (non-hydrogen) atoms. The van der Waals surface area contributed by atoms with Crippen LogP contribution in [0.1, 0.15) is 38.8 Å². The van der Waals surface area contributed by atoms with Crippen LogP contribution in [0.25, 0.3) is 44.2 Å². The van der Waals surface area contributed by atoms with Crippen molar-refractivity contribution in [2.45, 2.75) is 33.1 Å². The Morgan fingerprint density at radius 2 is 0.913 bits per heavy atom. The molecule has 0 aliphatic heterocycles. The molecule has 0 fully saturated rings. The lowest BCUT2D eigenvalue weighted by Crippen LogP contribution is -2.17. The molecule has 0 saturated heterocycles. The molecular formula is C45H39N. The molecule has 8 rings (SSSR count). The van der Waals surface area contributed by atoms with E-state index in [1.165, 1.54) is 55.3 Å². The minimum Gasteiger partial charge on any atom is -0.310 e. The van der Waals surface area contributed by atoms with E-state index in [0.29, 0.717) is 0 Å². The summed E-state index contributed by atoms with van der Waals surface area (Å²) in [6.45, 7) is 8.76. The molecule has 1 aliphatic rings. The van der Waals surface area contributed by atoms with Crippen LogP contribution in [0.5, 0.6) is 0 Å². The predicted octanol–water partition coefficient (Wildman–Crippen LogP) is 13.0. The van der Waals surface area contributed by atoms with Crippen LogP contribution >= 0.6 is 0 Å². The van der Waals surface area contributed by atoms with Gasteiger partial charge in [0.05, 0.1) is 0 Å². The number of nitrogens with zero attached hydrogens (tertiary/aromatic N) is 1. The van der Waals surface area contributed by atoms with Gasteiger partial charge in [-0.05, 0) is 91.7 Å². The average molecular weight is 594 g/mol. The van der Waals surface area contributed by atoms with Gasteiger partial charge in [-0.15, -0.1) is 0 Å². The van der Waals surface area contributed by atoms with Crippen LogP contribution in [-0.4, -0.2) is 0 Å². The number of hydrogen-bond donors (Lipinski definition) is 0. The quantitative estimate of drug-likeness (QED) is 0.192. The Morgan fingerprint density at radius 1 is 0.413 bits per heavy atom. The van der Waals surface area contributed by atoms with Gasteiger partial charge in [-0.25, -0.2) is 0 Å². The van der Waals surface area contributed by atoms with Crippen LogP contribution in [0.2, 0.25) is 0 Å². The van der Waals surface area contributed by atoms with Crippen molar-refractivity contribution >= 4 is 27.8 Å². The summed E-state index contributed by atoms with van der Waals surface area (Å²) < 4.78 is 0. The van der Waals surface area contributed by atoms with Crippen molar-refractivity contribution in [3.05, 3.63) is 175 Å². The molecule has 0 atom stereocenters. The number of rotatable bonds is 5. The van der Waals surface area contributed by atoms with Crippen molar-refractivity contribution in [3.63, 3.8) is 0 Å². The van der Waals surface area contributed by atoms with Gasteiger partial charge in [0, 0.05) is 22.5 Å². The molecule has 0 unspecified atom stereocenters. The van der Waals surface area contributed by atoms with E-state index in [0.717, 1.165) is 17.1 Å². The van der Waals surface area contributed by atoms with E-state index in [1.54, 1.807) is 0 Å². The molecular weight excluding hydrogens is 555 g/mol. The zero-order chi connectivity index (χ0) is 31.7. The Labute approximate surface area is 273 Å². The first-order valence-electron chi connectivity index (χ1n) is 16.4. The average Bonchev–Trinajstić information content (AvgIpc) is 3.36. The topological polar surface area (TPSA) is 3.24 Å². The van der Waals surface area contributed by atoms with Gasteiger partial charge in [0.1, 0.15) is 0 Å². The van der Waals surface area contributed by atoms with E-state index in [9.17, 15) is 0 Å². The molecule has 1 aliphatic carbocycles. The first-order chi connectivity index (χ1) is 22.6. The minimum atomic E-state index is -0.134. The summed E-state index contributed by atoms with van der Waals surface area (Å²) in [5.74, 6) is 0. The lowest BCUT2D eigenvalue weighted by Gasteiger charge is -2.29. The van der Waals surface area contributed by atoms with E-state index in [-0.39, 0.29) is 5.41 Å². The fourth-order valence-corrected chi connectivity index (χ4v) is 7.08. The lowest BCUT2D eigenvalue weighted by atomic mass is 9.80. The van der Waals surface area contributed by atoms with Crippen LogP contribution in [-0.2, 0) is 5.41 Å². The predicted molar refractivity (Wildman–Crippen MR) is 198 cm³/mol. The fraction of sp³-hybridized carbons (Fsp3) is 0.111. The maximum atomic E-state index is 2.43. The highest BCUT2D eigenvalue weighted by molar-refractivity contribution is 5.98. The fourth-order valence-electron chi connectivity index (χ4n) is 7.08. The van der Waals surface area contributed by atoms with Crippen molar-refractivity contribution in [1.82, 2.24) is 0 Å². The molecule has 0 spiro atoms. The van der Waals surface area contributed by atoms with Crippen LogP contribution in [0.15, 0.2) is 164 Å². The summed E-state index contributed by atoms with van der Waals surface area (Å²) in [4.78, 5) is 2.41. The third-order valence-corrected chi connectivity index (χ3v) is 9.20. The Bertz CT molecular complexity index is 2060. The van der Waals surface area contributed by atoms with Gasteiger partial charge in [0.25, 0.3) is 0 Å². The third-order valence-electron chi connectivity index (χ3n) is 9.20. The highest BCUT2D eigenvalue weighted by atomic mass is 15.1. The van der Waals surface area contributed by atoms with Crippen molar-refractivity contribution in [2.24, 2.45) is 0 Å². The van der Waals surface area contributed by atoms with Gasteiger partial charge < -0.3 is 4.90 Å². The number of hydrogen-bond acceptors (Lipinski definition) is 1. The summed E-state index contributed by atoms with van der Waals surface area (Å²) in [5.41, 5.74) is 13.6. The lowest BCUT2D eigenvalue weighted by molar-refractivity contribution is 0.666. The Morgan fingerprint density at radius 3 is 1.52 bits per heavy atom. The van der Waals surface area contributed by atoms with Gasteiger partial charge >= 0.3 is 0 Å². The highest BCUT2D eigenvalue weighted by Crippen LogP contribution is 2.53. The maximum absolute atomic E-state index is 2.43. The zero-order valence-corrected chi connectivity index (χ0v) is 27.0.